The van der Waals surface area contributed by atoms with Gasteiger partial charge in [-0.2, -0.15) is 5.26 Å². The van der Waals surface area contributed by atoms with Crippen LogP contribution in [0.5, 0.6) is 11.5 Å². The molecule has 1 unspecified atom stereocenters. The number of amides is 1. The normalized spacial score (nSPS) is 17.1. The molecule has 2 aromatic heterocycles. The minimum atomic E-state index is -1.66. The molecule has 322 valence electrons. The number of ether oxygens (including phenoxy) is 4. The predicted molar refractivity (Wildman–Crippen MR) is 237 cm³/mol. The topological polar surface area (TPSA) is 155 Å². The molecule has 1 fully saturated rings. The van der Waals surface area contributed by atoms with Crippen LogP contribution in [0.1, 0.15) is 73.8 Å². The molecule has 1 saturated heterocycles. The number of nitriles is 1. The number of methoxy groups -OCH3 is 2. The summed E-state index contributed by atoms with van der Waals surface area (Å²) < 4.78 is 43.0. The number of anilines is 1. The number of rotatable bonds is 19. The first-order valence-electron chi connectivity index (χ1n) is 20.6. The molecule has 0 spiro atoms. The van der Waals surface area contributed by atoms with E-state index in [2.05, 4.69) is 70.8 Å². The molecule has 1 amide bonds. The van der Waals surface area contributed by atoms with Gasteiger partial charge in [-0.15, -0.1) is 0 Å². The summed E-state index contributed by atoms with van der Waals surface area (Å²) in [4.78, 5) is 26.8. The summed E-state index contributed by atoms with van der Waals surface area (Å²) in [6.07, 6.45) is 1.84. The largest absolute Gasteiger partial charge is 0.497 e. The van der Waals surface area contributed by atoms with E-state index in [-0.39, 0.29) is 43.4 Å². The summed E-state index contributed by atoms with van der Waals surface area (Å²) in [6, 6.07) is 37.1. The van der Waals surface area contributed by atoms with Gasteiger partial charge in [-0.05, 0) is 80.8 Å². The molecule has 1 aliphatic rings. The number of imidazole rings is 1. The van der Waals surface area contributed by atoms with E-state index in [0.29, 0.717) is 34.6 Å². The Bertz CT molecular complexity index is 2360. The van der Waals surface area contributed by atoms with E-state index in [4.69, 9.17) is 28.0 Å². The summed E-state index contributed by atoms with van der Waals surface area (Å²) in [6.45, 7) is 8.70. The van der Waals surface area contributed by atoms with Crippen LogP contribution in [0.4, 0.5) is 5.82 Å². The molecule has 62 heavy (non-hydrogen) atoms. The summed E-state index contributed by atoms with van der Waals surface area (Å²) in [5.74, 6) is 1.39. The highest BCUT2D eigenvalue weighted by Gasteiger charge is 2.45. The van der Waals surface area contributed by atoms with Gasteiger partial charge in [0.15, 0.2) is 17.0 Å². The van der Waals surface area contributed by atoms with E-state index in [0.717, 1.165) is 16.7 Å². The molecule has 0 aliphatic carbocycles. The maximum atomic E-state index is 13.2. The number of hydrogen-bond acceptors (Lipinski definition) is 12. The van der Waals surface area contributed by atoms with Crippen molar-refractivity contribution in [3.63, 3.8) is 0 Å². The van der Waals surface area contributed by atoms with Crippen LogP contribution in [0, 0.1) is 11.3 Å². The third kappa shape index (κ3) is 9.64. The van der Waals surface area contributed by atoms with Crippen LogP contribution in [0.25, 0.3) is 11.2 Å². The van der Waals surface area contributed by atoms with Gasteiger partial charge in [0.25, 0.3) is 14.4 Å². The number of nitrogens with zero attached hydrogens (tertiary/aromatic N) is 6. The minimum absolute atomic E-state index is 0.0747. The highest BCUT2D eigenvalue weighted by atomic mass is 31.2. The highest BCUT2D eigenvalue weighted by Crippen LogP contribution is 2.51. The molecule has 0 saturated carbocycles. The Morgan fingerprint density at radius 2 is 1.47 bits per heavy atom. The molecular formula is C47H52N7O7P. The molecule has 4 atom stereocenters. The van der Waals surface area contributed by atoms with Crippen molar-refractivity contribution in [2.75, 3.05) is 32.8 Å². The molecule has 0 radical (unpaired) electrons. The fourth-order valence-corrected chi connectivity index (χ4v) is 9.51. The third-order valence-corrected chi connectivity index (χ3v) is 12.8. The number of fused-ring (bicyclic) bond motifs is 1. The zero-order chi connectivity index (χ0) is 43.6. The Balaban J connectivity index is 1.28. The molecule has 3 heterocycles. The Hall–Kier alpha value is -5.78. The van der Waals surface area contributed by atoms with Crippen LogP contribution in [-0.2, 0) is 24.1 Å². The molecular weight excluding hydrogens is 819 g/mol. The molecule has 1 N–H and O–H groups in total. The molecule has 15 heteroatoms. The lowest BCUT2D eigenvalue weighted by Gasteiger charge is -2.39. The maximum Gasteiger partial charge on any atom is 0.259 e. The van der Waals surface area contributed by atoms with Crippen molar-refractivity contribution >= 4 is 31.4 Å². The van der Waals surface area contributed by atoms with Gasteiger partial charge in [-0.25, -0.2) is 19.6 Å². The first-order chi connectivity index (χ1) is 30.2. The van der Waals surface area contributed by atoms with E-state index in [1.54, 1.807) is 44.8 Å². The van der Waals surface area contributed by atoms with Gasteiger partial charge in [0.05, 0.1) is 52.4 Å². The van der Waals surface area contributed by atoms with Gasteiger partial charge in [0.2, 0.25) is 0 Å². The third-order valence-electron chi connectivity index (χ3n) is 10.6. The first-order valence-corrected chi connectivity index (χ1v) is 21.7. The monoisotopic (exact) mass is 871 g/mol. The smallest absolute Gasteiger partial charge is 0.259 e. The quantitative estimate of drug-likeness (QED) is 0.0271. The van der Waals surface area contributed by atoms with Gasteiger partial charge in [-0.1, -0.05) is 72.8 Å². The first kappa shape index (κ1) is 44.3. The van der Waals surface area contributed by atoms with E-state index < -0.39 is 32.6 Å². The predicted octanol–water partition coefficient (Wildman–Crippen LogP) is 9.05. The molecule has 0 bridgehead atoms. The van der Waals surface area contributed by atoms with Crippen molar-refractivity contribution in [1.82, 2.24) is 24.2 Å². The molecule has 1 aliphatic heterocycles. The van der Waals surface area contributed by atoms with Gasteiger partial charge >= 0.3 is 0 Å². The van der Waals surface area contributed by atoms with Crippen LogP contribution in [0.3, 0.4) is 0 Å². The Labute approximate surface area is 363 Å². The lowest BCUT2D eigenvalue weighted by molar-refractivity contribution is -0.0912. The van der Waals surface area contributed by atoms with Gasteiger partial charge in [-0.3, -0.25) is 9.36 Å². The summed E-state index contributed by atoms with van der Waals surface area (Å²) in [5.41, 5.74) is 2.89. The fraction of sp³-hybridized carbons (Fsp3) is 0.340. The number of carbonyl (C=O) groups excluding carboxylic acids is 1. The Kier molecular flexibility index (Phi) is 14.6. The Morgan fingerprint density at radius 1 is 0.871 bits per heavy atom. The molecule has 7 rings (SSSR count). The van der Waals surface area contributed by atoms with Gasteiger partial charge in [0.1, 0.15) is 35.8 Å². The number of aromatic nitrogens is 4. The van der Waals surface area contributed by atoms with Crippen molar-refractivity contribution in [3.8, 4) is 17.6 Å². The lowest BCUT2D eigenvalue weighted by Crippen LogP contribution is -2.39. The number of benzene rings is 4. The van der Waals surface area contributed by atoms with Crippen LogP contribution < -0.4 is 14.8 Å². The van der Waals surface area contributed by atoms with E-state index in [1.807, 2.05) is 77.4 Å². The SMILES string of the molecule is COc1ccc(C(O[13CH2][13C@H]2O[13C@@H]([15n]3[13cH][15n][13c]4c([15NH]C(=O)c5ccccc5)[15n][13cH][15n][13c]43)[13CH2][13C@@H]2OP(OCCC#N)N(C(C)C)C(C)C)(c2ccccc2)c2ccc(OC)cc2)cc1. The second-order valence-corrected chi connectivity index (χ2v) is 16.6. The Morgan fingerprint density at radius 3 is 2.05 bits per heavy atom. The number of hydrogen-bond donors (Lipinski definition) is 1. The number of carbonyl (C=O) groups is 1. The summed E-state index contributed by atoms with van der Waals surface area (Å²) >= 11 is 0. The second-order valence-electron chi connectivity index (χ2n) is 15.2. The average molecular weight is 872 g/mol. The average Bonchev–Trinajstić information content (AvgIpc) is 3.92. The van der Waals surface area contributed by atoms with Crippen molar-refractivity contribution in [2.45, 2.75) is 76.7 Å². The van der Waals surface area contributed by atoms with Crippen LogP contribution in [-0.4, -0.2) is 81.8 Å². The summed E-state index contributed by atoms with van der Waals surface area (Å²) in [5, 5.41) is 12.3. The highest BCUT2D eigenvalue weighted by molar-refractivity contribution is 7.44. The summed E-state index contributed by atoms with van der Waals surface area (Å²) in [7, 11) is 1.62. The van der Waals surface area contributed by atoms with Crippen molar-refractivity contribution in [2.24, 2.45) is 0 Å². The zero-order valence-corrected chi connectivity index (χ0v) is 36.6. The van der Waals surface area contributed by atoms with Crippen molar-refractivity contribution < 1.29 is 32.8 Å². The van der Waals surface area contributed by atoms with E-state index in [9.17, 15) is 10.1 Å². The molecule has 14 nitrogen and oxygen atoms in total. The van der Waals surface area contributed by atoms with Gasteiger partial charge < -0.3 is 33.3 Å². The molecule has 4 aromatic carbocycles. The van der Waals surface area contributed by atoms with Crippen LogP contribution in [0.2, 0.25) is 0 Å². The van der Waals surface area contributed by atoms with Gasteiger partial charge in [0, 0.05) is 24.1 Å². The fourth-order valence-electron chi connectivity index (χ4n) is 7.75. The van der Waals surface area contributed by atoms with Crippen LogP contribution >= 0.6 is 8.53 Å². The van der Waals surface area contributed by atoms with Crippen LogP contribution in [0.15, 0.2) is 122 Å². The minimum Gasteiger partial charge on any atom is -0.497 e. The van der Waals surface area contributed by atoms with E-state index in [1.165, 1.54) is 6.33 Å². The zero-order valence-electron chi connectivity index (χ0n) is 35.8. The lowest BCUT2D eigenvalue weighted by atomic mass is 9.80. The maximum absolute atomic E-state index is 13.2. The number of nitrogens with one attached hydrogen (secondary N) is 1. The molecule has 6 aromatic rings. The van der Waals surface area contributed by atoms with E-state index >= 15 is 0 Å². The van der Waals surface area contributed by atoms with Crippen molar-refractivity contribution in [3.05, 3.63) is 144 Å². The van der Waals surface area contributed by atoms with Crippen molar-refractivity contribution in [1.29, 1.82) is 5.26 Å². The second kappa shape index (κ2) is 20.4. The standard InChI is InChI=1S/C47H52N7O7P/c1-32(2)54(33(3)4)62(59-27-13-26-48)61-40-28-42(53-31-51-43-44(49-30-50-45(43)53)52-46(55)34-14-9-7-10-15-34)60-41(40)29-58-47(35-16-11-8-12-17-35,36-18-22-38(56-5)23-19-36)37-20-24-39(57-6)25-21-37/h7-12,14-25,30-33,40-42H,13,27-29H2,1-6H3,(H,49,50,52,55)/t40-,41+,42+,62?/m0/s1/i28+1,29+1,30+1,31+1,40+1,41+1,42+1,43+1,45+1,49+1,50+1,51+1,52+1,53+1.